The molecule has 3 aromatic rings. The van der Waals surface area contributed by atoms with Crippen molar-refractivity contribution in [3.8, 4) is 0 Å². The summed E-state index contributed by atoms with van der Waals surface area (Å²) < 4.78 is 5.14. The molecule has 0 amide bonds. The highest BCUT2D eigenvalue weighted by Crippen LogP contribution is 2.13. The van der Waals surface area contributed by atoms with Gasteiger partial charge in [0.15, 0.2) is 11.5 Å². The van der Waals surface area contributed by atoms with Crippen molar-refractivity contribution in [2.45, 2.75) is 6.61 Å². The third-order valence-electron chi connectivity index (χ3n) is 2.70. The first-order valence-corrected chi connectivity index (χ1v) is 5.91. The van der Waals surface area contributed by atoms with Gasteiger partial charge in [-0.1, -0.05) is 30.3 Å². The van der Waals surface area contributed by atoms with Gasteiger partial charge in [0.1, 0.15) is 12.1 Å². The van der Waals surface area contributed by atoms with E-state index >= 15 is 0 Å². The summed E-state index contributed by atoms with van der Waals surface area (Å²) in [5, 5.41) is 0. The molecule has 0 bridgehead atoms. The predicted molar refractivity (Wildman–Crippen MR) is 71.7 cm³/mol. The number of hydrogen-bond donors (Lipinski definition) is 2. The molecule has 0 aliphatic heterocycles. The first kappa shape index (κ1) is 12.1. The predicted octanol–water partition coefficient (Wildman–Crippen LogP) is 1.29. The van der Waals surface area contributed by atoms with Crippen LogP contribution in [0, 0.1) is 0 Å². The molecule has 2 aromatic heterocycles. The largest absolute Gasteiger partial charge is 0.455 e. The number of rotatable bonds is 3. The molecule has 0 saturated heterocycles. The first-order valence-electron chi connectivity index (χ1n) is 5.91. The van der Waals surface area contributed by atoms with Gasteiger partial charge in [-0.15, -0.1) is 0 Å². The van der Waals surface area contributed by atoms with Crippen molar-refractivity contribution < 1.29 is 9.53 Å². The summed E-state index contributed by atoms with van der Waals surface area (Å²) in [5.74, 6) is -0.574. The zero-order valence-corrected chi connectivity index (χ0v) is 10.4. The molecule has 3 rings (SSSR count). The summed E-state index contributed by atoms with van der Waals surface area (Å²) >= 11 is 0. The summed E-state index contributed by atoms with van der Waals surface area (Å²) in [4.78, 5) is 26.6. The number of nitrogens with zero attached hydrogens (tertiary/aromatic N) is 3. The van der Waals surface area contributed by atoms with Gasteiger partial charge in [-0.2, -0.15) is 0 Å². The lowest BCUT2D eigenvalue weighted by molar-refractivity contribution is 0.0459. The minimum Gasteiger partial charge on any atom is -0.455 e. The molecule has 0 atom stereocenters. The molecule has 0 aliphatic rings. The van der Waals surface area contributed by atoms with E-state index in [1.807, 2.05) is 30.3 Å². The maximum Gasteiger partial charge on any atom is 0.376 e. The number of anilines is 1. The topological polar surface area (TPSA) is 107 Å². The van der Waals surface area contributed by atoms with Gasteiger partial charge < -0.3 is 15.5 Å². The van der Waals surface area contributed by atoms with Gasteiger partial charge in [-0.25, -0.2) is 19.7 Å². The first-order chi connectivity index (χ1) is 9.74. The van der Waals surface area contributed by atoms with Crippen LogP contribution in [0.5, 0.6) is 0 Å². The Hall–Kier alpha value is -2.96. The van der Waals surface area contributed by atoms with Crippen molar-refractivity contribution in [1.29, 1.82) is 0 Å². The number of aromatic amines is 1. The SMILES string of the molecule is Nc1nc(C(=O)OCc2ccccc2)nc2[nH]cnc12. The Bertz CT molecular complexity index is 754. The number of nitrogens with two attached hydrogens (primary N) is 1. The van der Waals surface area contributed by atoms with Crippen LogP contribution in [0.15, 0.2) is 36.7 Å². The molecule has 0 spiro atoms. The second-order valence-corrected chi connectivity index (χ2v) is 4.09. The maximum atomic E-state index is 11.9. The van der Waals surface area contributed by atoms with Gasteiger partial charge in [0, 0.05) is 0 Å². The molecular formula is C13H11N5O2. The van der Waals surface area contributed by atoms with Gasteiger partial charge in [-0.3, -0.25) is 0 Å². The zero-order valence-electron chi connectivity index (χ0n) is 10.4. The molecule has 100 valence electrons. The third-order valence-corrected chi connectivity index (χ3v) is 2.70. The highest BCUT2D eigenvalue weighted by Gasteiger charge is 2.15. The smallest absolute Gasteiger partial charge is 0.376 e. The average Bonchev–Trinajstić information content (AvgIpc) is 2.95. The minimum atomic E-state index is -0.628. The average molecular weight is 269 g/mol. The van der Waals surface area contributed by atoms with Crippen molar-refractivity contribution in [1.82, 2.24) is 19.9 Å². The van der Waals surface area contributed by atoms with E-state index in [1.54, 1.807) is 0 Å². The number of fused-ring (bicyclic) bond motifs is 1. The van der Waals surface area contributed by atoms with E-state index in [4.69, 9.17) is 10.5 Å². The number of ether oxygens (including phenoxy) is 1. The third kappa shape index (κ3) is 2.28. The van der Waals surface area contributed by atoms with Crippen LogP contribution in [-0.4, -0.2) is 25.9 Å². The zero-order chi connectivity index (χ0) is 13.9. The number of H-pyrrole nitrogens is 1. The molecule has 3 N–H and O–H groups in total. The molecule has 0 saturated carbocycles. The normalized spacial score (nSPS) is 10.6. The Morgan fingerprint density at radius 3 is 2.85 bits per heavy atom. The number of esters is 1. The summed E-state index contributed by atoms with van der Waals surface area (Å²) in [5.41, 5.74) is 7.43. The van der Waals surface area contributed by atoms with Gasteiger partial charge in [0.05, 0.1) is 6.33 Å². The van der Waals surface area contributed by atoms with Crippen LogP contribution in [0.1, 0.15) is 16.2 Å². The van der Waals surface area contributed by atoms with Crippen LogP contribution >= 0.6 is 0 Å². The molecule has 7 nitrogen and oxygen atoms in total. The van der Waals surface area contributed by atoms with Crippen LogP contribution in [0.4, 0.5) is 5.82 Å². The molecule has 0 radical (unpaired) electrons. The Morgan fingerprint density at radius 1 is 1.25 bits per heavy atom. The van der Waals surface area contributed by atoms with Crippen molar-refractivity contribution in [3.63, 3.8) is 0 Å². The van der Waals surface area contributed by atoms with E-state index in [0.29, 0.717) is 11.2 Å². The number of imidazole rings is 1. The number of benzene rings is 1. The Labute approximate surface area is 113 Å². The van der Waals surface area contributed by atoms with Crippen LogP contribution in [-0.2, 0) is 11.3 Å². The van der Waals surface area contributed by atoms with E-state index in [1.165, 1.54) is 6.33 Å². The second-order valence-electron chi connectivity index (χ2n) is 4.09. The molecule has 2 heterocycles. The quantitative estimate of drug-likeness (QED) is 0.694. The Balaban J connectivity index is 1.78. The summed E-state index contributed by atoms with van der Waals surface area (Å²) in [6, 6.07) is 9.35. The molecule has 0 aliphatic carbocycles. The van der Waals surface area contributed by atoms with E-state index < -0.39 is 5.97 Å². The van der Waals surface area contributed by atoms with Gasteiger partial charge >= 0.3 is 5.97 Å². The van der Waals surface area contributed by atoms with E-state index in [-0.39, 0.29) is 18.2 Å². The summed E-state index contributed by atoms with van der Waals surface area (Å²) in [6.45, 7) is 0.157. The summed E-state index contributed by atoms with van der Waals surface area (Å²) in [6.07, 6.45) is 1.44. The van der Waals surface area contributed by atoms with E-state index in [9.17, 15) is 4.79 Å². The fourth-order valence-corrected chi connectivity index (χ4v) is 1.74. The highest BCUT2D eigenvalue weighted by molar-refractivity contribution is 5.90. The second kappa shape index (κ2) is 4.96. The molecule has 0 unspecified atom stereocenters. The molecule has 7 heteroatoms. The minimum absolute atomic E-state index is 0.0878. The monoisotopic (exact) mass is 269 g/mol. The van der Waals surface area contributed by atoms with Crippen LogP contribution in [0.3, 0.4) is 0 Å². The van der Waals surface area contributed by atoms with Crippen LogP contribution < -0.4 is 5.73 Å². The van der Waals surface area contributed by atoms with E-state index in [0.717, 1.165) is 5.56 Å². The molecule has 0 fully saturated rings. The van der Waals surface area contributed by atoms with Crippen molar-refractivity contribution >= 4 is 23.0 Å². The lowest BCUT2D eigenvalue weighted by Crippen LogP contribution is -2.11. The number of nitrogens with one attached hydrogen (secondary N) is 1. The molecular weight excluding hydrogens is 258 g/mol. The van der Waals surface area contributed by atoms with Crippen molar-refractivity contribution in [2.75, 3.05) is 5.73 Å². The van der Waals surface area contributed by atoms with Gasteiger partial charge in [0.25, 0.3) is 0 Å². The lowest BCUT2D eigenvalue weighted by atomic mass is 10.2. The highest BCUT2D eigenvalue weighted by atomic mass is 16.5. The number of nitrogen functional groups attached to an aromatic ring is 1. The maximum absolute atomic E-state index is 11.9. The fourth-order valence-electron chi connectivity index (χ4n) is 1.74. The lowest BCUT2D eigenvalue weighted by Gasteiger charge is -2.04. The summed E-state index contributed by atoms with van der Waals surface area (Å²) in [7, 11) is 0. The standard InChI is InChI=1S/C13H11N5O2/c14-10-9-11(16-7-15-9)18-12(17-10)13(19)20-6-8-4-2-1-3-5-8/h1-5,7H,6H2,(H3,14,15,16,17,18). The van der Waals surface area contributed by atoms with Crippen LogP contribution in [0.2, 0.25) is 0 Å². The van der Waals surface area contributed by atoms with Gasteiger partial charge in [0.2, 0.25) is 5.82 Å². The number of hydrogen-bond acceptors (Lipinski definition) is 6. The molecule has 1 aromatic carbocycles. The van der Waals surface area contributed by atoms with E-state index in [2.05, 4.69) is 19.9 Å². The fraction of sp³-hybridized carbons (Fsp3) is 0.0769. The van der Waals surface area contributed by atoms with Crippen molar-refractivity contribution in [3.05, 3.63) is 48.0 Å². The Morgan fingerprint density at radius 2 is 2.05 bits per heavy atom. The number of carbonyl (C=O) groups is 1. The Kier molecular flexibility index (Phi) is 3.00. The molecule has 20 heavy (non-hydrogen) atoms. The van der Waals surface area contributed by atoms with Crippen LogP contribution in [0.25, 0.3) is 11.2 Å². The number of aromatic nitrogens is 4. The van der Waals surface area contributed by atoms with Crippen molar-refractivity contribution in [2.24, 2.45) is 0 Å². The van der Waals surface area contributed by atoms with Gasteiger partial charge in [-0.05, 0) is 5.56 Å². The number of carbonyl (C=O) groups excluding carboxylic acids is 1.